The van der Waals surface area contributed by atoms with Crippen LogP contribution in [0.15, 0.2) is 18.2 Å². The predicted molar refractivity (Wildman–Crippen MR) is 65.8 cm³/mol. The fraction of sp³-hybridized carbons (Fsp3) is 0.300. The second kappa shape index (κ2) is 5.32. The molecule has 0 aromatic heterocycles. The van der Waals surface area contributed by atoms with Crippen LogP contribution >= 0.6 is 22.6 Å². The number of aryl methyl sites for hydroxylation is 1. The molecule has 0 aliphatic rings. The topological polar surface area (TPSA) is 38.8 Å². The number of hydroxylamine groups is 1. The number of nitrogens with zero attached hydrogens (tertiary/aromatic N) is 1. The van der Waals surface area contributed by atoms with Crippen LogP contribution in [0.2, 0.25) is 0 Å². The lowest BCUT2D eigenvalue weighted by atomic mass is 10.2. The molecule has 1 amide bonds. The lowest BCUT2D eigenvalue weighted by molar-refractivity contribution is 0.115. The first-order valence-electron chi connectivity index (χ1n) is 4.28. The van der Waals surface area contributed by atoms with Crippen LogP contribution in [0, 0.1) is 10.5 Å². The minimum absolute atomic E-state index is 0.540. The Labute approximate surface area is 102 Å². The number of hydrogen-bond acceptors (Lipinski definition) is 3. The molecule has 0 aliphatic carbocycles. The van der Waals surface area contributed by atoms with Crippen molar-refractivity contribution in [1.29, 1.82) is 0 Å². The van der Waals surface area contributed by atoms with Gasteiger partial charge in [-0.2, -0.15) is 5.06 Å². The molecule has 0 spiro atoms. The summed E-state index contributed by atoms with van der Waals surface area (Å²) < 4.78 is 5.71. The first-order valence-corrected chi connectivity index (χ1v) is 5.36. The zero-order valence-electron chi connectivity index (χ0n) is 8.78. The van der Waals surface area contributed by atoms with Gasteiger partial charge in [0.15, 0.2) is 0 Å². The lowest BCUT2D eigenvalue weighted by Crippen LogP contribution is -2.30. The van der Waals surface area contributed by atoms with Gasteiger partial charge < -0.3 is 4.74 Å². The summed E-state index contributed by atoms with van der Waals surface area (Å²) in [5.74, 6) is 0. The van der Waals surface area contributed by atoms with Gasteiger partial charge in [0.05, 0.1) is 19.9 Å². The Balaban J connectivity index is 3.07. The maximum Gasteiger partial charge on any atom is 0.438 e. The van der Waals surface area contributed by atoms with Crippen molar-refractivity contribution in [3.05, 3.63) is 27.3 Å². The van der Waals surface area contributed by atoms with E-state index in [-0.39, 0.29) is 0 Å². The zero-order valence-corrected chi connectivity index (χ0v) is 10.9. The first kappa shape index (κ1) is 12.3. The SMILES string of the molecule is COC(=O)N(OC)c1ccc(I)cc1C. The van der Waals surface area contributed by atoms with E-state index in [1.807, 2.05) is 25.1 Å². The summed E-state index contributed by atoms with van der Waals surface area (Å²) in [5.41, 5.74) is 1.64. The van der Waals surface area contributed by atoms with E-state index in [9.17, 15) is 4.79 Å². The van der Waals surface area contributed by atoms with Crippen LogP contribution in [0.5, 0.6) is 0 Å². The van der Waals surface area contributed by atoms with Crippen molar-refractivity contribution in [2.45, 2.75) is 6.92 Å². The molecule has 1 aromatic rings. The molecule has 15 heavy (non-hydrogen) atoms. The lowest BCUT2D eigenvalue weighted by Gasteiger charge is -2.19. The summed E-state index contributed by atoms with van der Waals surface area (Å²) in [4.78, 5) is 16.3. The molecule has 0 saturated heterocycles. The molecule has 0 bridgehead atoms. The summed E-state index contributed by atoms with van der Waals surface area (Å²) in [7, 11) is 2.74. The molecule has 4 nitrogen and oxygen atoms in total. The van der Waals surface area contributed by atoms with Crippen LogP contribution in [0.25, 0.3) is 0 Å². The van der Waals surface area contributed by atoms with Crippen LogP contribution in [-0.4, -0.2) is 20.3 Å². The minimum atomic E-state index is -0.540. The maximum absolute atomic E-state index is 11.4. The third-order valence-corrected chi connectivity index (χ3v) is 2.57. The highest BCUT2D eigenvalue weighted by Gasteiger charge is 2.17. The van der Waals surface area contributed by atoms with Crippen molar-refractivity contribution < 1.29 is 14.4 Å². The van der Waals surface area contributed by atoms with E-state index in [4.69, 9.17) is 4.84 Å². The Kier molecular flexibility index (Phi) is 4.34. The first-order chi connectivity index (χ1) is 7.10. The normalized spacial score (nSPS) is 9.87. The molecule has 0 fully saturated rings. The number of amides is 1. The van der Waals surface area contributed by atoms with Gasteiger partial charge in [0.2, 0.25) is 0 Å². The van der Waals surface area contributed by atoms with Crippen molar-refractivity contribution in [3.8, 4) is 0 Å². The number of carbonyl (C=O) groups is 1. The van der Waals surface area contributed by atoms with Crippen molar-refractivity contribution >= 4 is 34.4 Å². The Morgan fingerprint density at radius 1 is 1.40 bits per heavy atom. The summed E-state index contributed by atoms with van der Waals surface area (Å²) >= 11 is 2.21. The third kappa shape index (κ3) is 2.82. The average molecular weight is 321 g/mol. The molecule has 0 saturated carbocycles. The molecule has 0 atom stereocenters. The molecule has 1 rings (SSSR count). The van der Waals surface area contributed by atoms with Crippen molar-refractivity contribution in [2.24, 2.45) is 0 Å². The molecule has 0 unspecified atom stereocenters. The highest BCUT2D eigenvalue weighted by molar-refractivity contribution is 14.1. The van der Waals surface area contributed by atoms with E-state index in [1.165, 1.54) is 14.2 Å². The molecular weight excluding hydrogens is 309 g/mol. The largest absolute Gasteiger partial charge is 0.451 e. The number of anilines is 1. The highest BCUT2D eigenvalue weighted by Crippen LogP contribution is 2.22. The molecule has 0 aliphatic heterocycles. The maximum atomic E-state index is 11.4. The van der Waals surface area contributed by atoms with Gasteiger partial charge >= 0.3 is 6.09 Å². The van der Waals surface area contributed by atoms with E-state index in [0.29, 0.717) is 5.69 Å². The van der Waals surface area contributed by atoms with Gasteiger partial charge in [-0.1, -0.05) is 0 Å². The second-order valence-electron chi connectivity index (χ2n) is 2.88. The smallest absolute Gasteiger partial charge is 0.438 e. The zero-order chi connectivity index (χ0) is 11.4. The number of rotatable bonds is 2. The van der Waals surface area contributed by atoms with Gasteiger partial charge in [-0.3, -0.25) is 4.84 Å². The van der Waals surface area contributed by atoms with Gasteiger partial charge in [0.1, 0.15) is 0 Å². The Bertz CT molecular complexity index is 368. The van der Waals surface area contributed by atoms with E-state index in [1.54, 1.807) is 0 Å². The van der Waals surface area contributed by atoms with Gasteiger partial charge in [-0.25, -0.2) is 4.79 Å². The molecule has 0 N–H and O–H groups in total. The van der Waals surface area contributed by atoms with Crippen molar-refractivity contribution in [1.82, 2.24) is 0 Å². The van der Waals surface area contributed by atoms with Crippen LogP contribution in [0.1, 0.15) is 5.56 Å². The van der Waals surface area contributed by atoms with Gasteiger partial charge in [-0.15, -0.1) is 0 Å². The molecule has 0 heterocycles. The van der Waals surface area contributed by atoms with E-state index in [0.717, 1.165) is 14.2 Å². The molecule has 0 radical (unpaired) electrons. The molecule has 5 heteroatoms. The Hall–Kier alpha value is -0.820. The quantitative estimate of drug-likeness (QED) is 0.621. The number of methoxy groups -OCH3 is 1. The average Bonchev–Trinajstić information content (AvgIpc) is 2.21. The fourth-order valence-electron chi connectivity index (χ4n) is 1.20. The van der Waals surface area contributed by atoms with Crippen molar-refractivity contribution in [2.75, 3.05) is 19.3 Å². The number of carbonyl (C=O) groups excluding carboxylic acids is 1. The number of hydrogen-bond donors (Lipinski definition) is 0. The Morgan fingerprint density at radius 3 is 2.53 bits per heavy atom. The molecular formula is C10H12INO3. The van der Waals surface area contributed by atoms with Crippen LogP contribution in [-0.2, 0) is 9.57 Å². The van der Waals surface area contributed by atoms with Crippen LogP contribution < -0.4 is 5.06 Å². The molecule has 1 aromatic carbocycles. The van der Waals surface area contributed by atoms with Gasteiger partial charge in [0.25, 0.3) is 0 Å². The standard InChI is InChI=1S/C10H12INO3/c1-7-6-8(11)4-5-9(7)12(15-3)10(13)14-2/h4-6H,1-3H3. The second-order valence-corrected chi connectivity index (χ2v) is 4.12. The summed E-state index contributed by atoms with van der Waals surface area (Å²) in [6.07, 6.45) is -0.540. The van der Waals surface area contributed by atoms with Crippen molar-refractivity contribution in [3.63, 3.8) is 0 Å². The van der Waals surface area contributed by atoms with E-state index in [2.05, 4.69) is 27.3 Å². The highest BCUT2D eigenvalue weighted by atomic mass is 127. The number of halogens is 1. The molecule has 82 valence electrons. The fourth-order valence-corrected chi connectivity index (χ4v) is 1.85. The Morgan fingerprint density at radius 2 is 2.07 bits per heavy atom. The summed E-state index contributed by atoms with van der Waals surface area (Å²) in [6.45, 7) is 1.91. The predicted octanol–water partition coefficient (Wildman–Crippen LogP) is 2.73. The third-order valence-electron chi connectivity index (χ3n) is 1.90. The number of benzene rings is 1. The van der Waals surface area contributed by atoms with E-state index >= 15 is 0 Å². The minimum Gasteiger partial charge on any atom is -0.451 e. The van der Waals surface area contributed by atoms with Gasteiger partial charge in [-0.05, 0) is 53.3 Å². The number of ether oxygens (including phenoxy) is 1. The van der Waals surface area contributed by atoms with Gasteiger partial charge in [0, 0.05) is 3.57 Å². The van der Waals surface area contributed by atoms with Crippen LogP contribution in [0.3, 0.4) is 0 Å². The monoisotopic (exact) mass is 321 g/mol. The van der Waals surface area contributed by atoms with Crippen LogP contribution in [0.4, 0.5) is 10.5 Å². The summed E-state index contributed by atoms with van der Waals surface area (Å²) in [6, 6.07) is 5.68. The van der Waals surface area contributed by atoms with E-state index < -0.39 is 6.09 Å². The summed E-state index contributed by atoms with van der Waals surface area (Å²) in [5, 5.41) is 1.12.